The molecule has 1 aromatic carbocycles. The van der Waals surface area contributed by atoms with Crippen molar-refractivity contribution in [2.24, 2.45) is 0 Å². The Kier molecular flexibility index (Phi) is 2.51. The maximum absolute atomic E-state index is 11.4. The van der Waals surface area contributed by atoms with Gasteiger partial charge in [0.2, 0.25) is 0 Å². The number of rotatable bonds is 4. The number of carboxylic acid groups (broad SMARTS) is 1. The first kappa shape index (κ1) is 12.1. The highest BCUT2D eigenvalue weighted by Gasteiger charge is 2.49. The van der Waals surface area contributed by atoms with Gasteiger partial charge in [0.05, 0.1) is 5.69 Å². The molecule has 0 radical (unpaired) electrons. The first-order valence-corrected chi connectivity index (χ1v) is 7.82. The molecule has 102 valence electrons. The van der Waals surface area contributed by atoms with Gasteiger partial charge in [-0.15, -0.1) is 11.3 Å². The summed E-state index contributed by atoms with van der Waals surface area (Å²) in [6, 6.07) is 10.4. The number of aromatic nitrogens is 1. The average molecular weight is 285 g/mol. The van der Waals surface area contributed by atoms with Crippen molar-refractivity contribution in [3.8, 4) is 0 Å². The molecule has 4 heteroatoms. The van der Waals surface area contributed by atoms with Crippen molar-refractivity contribution in [1.82, 2.24) is 4.98 Å². The molecule has 1 heterocycles. The van der Waals surface area contributed by atoms with Crippen LogP contribution < -0.4 is 0 Å². The lowest BCUT2D eigenvalue weighted by Gasteiger charge is -2.12. The van der Waals surface area contributed by atoms with Crippen molar-refractivity contribution >= 4 is 17.3 Å². The standard InChI is InChI=1S/C16H15NO2S/c18-14(19)13-12(10-6-7-10)17-15(20-13)16(8-9-16)11-4-2-1-3-5-11/h1-5,10H,6-9H2,(H,18,19). The largest absolute Gasteiger partial charge is 0.477 e. The van der Waals surface area contributed by atoms with Gasteiger partial charge in [-0.2, -0.15) is 0 Å². The molecule has 2 aliphatic carbocycles. The molecule has 4 rings (SSSR count). The number of carboxylic acids is 1. The van der Waals surface area contributed by atoms with Crippen molar-refractivity contribution in [2.45, 2.75) is 37.0 Å². The molecule has 2 aliphatic rings. The number of nitrogens with zero attached hydrogens (tertiary/aromatic N) is 1. The second kappa shape index (κ2) is 4.16. The highest BCUT2D eigenvalue weighted by Crippen LogP contribution is 2.56. The normalized spacial score (nSPS) is 19.8. The van der Waals surface area contributed by atoms with Crippen LogP contribution in [-0.2, 0) is 5.41 Å². The lowest BCUT2D eigenvalue weighted by Crippen LogP contribution is -2.07. The molecule has 0 atom stereocenters. The molecule has 1 N–H and O–H groups in total. The fourth-order valence-electron chi connectivity index (χ4n) is 2.83. The number of aromatic carboxylic acids is 1. The Labute approximate surface area is 121 Å². The summed E-state index contributed by atoms with van der Waals surface area (Å²) in [5, 5.41) is 10.4. The molecule has 3 nitrogen and oxygen atoms in total. The maximum atomic E-state index is 11.4. The van der Waals surface area contributed by atoms with Crippen LogP contribution in [0.2, 0.25) is 0 Å². The van der Waals surface area contributed by atoms with E-state index in [4.69, 9.17) is 4.98 Å². The number of benzene rings is 1. The third-order valence-electron chi connectivity index (χ3n) is 4.30. The van der Waals surface area contributed by atoms with Crippen LogP contribution in [0.25, 0.3) is 0 Å². The summed E-state index contributed by atoms with van der Waals surface area (Å²) >= 11 is 1.39. The fraction of sp³-hybridized carbons (Fsp3) is 0.375. The molecular formula is C16H15NO2S. The van der Waals surface area contributed by atoms with E-state index in [1.165, 1.54) is 16.9 Å². The molecule has 0 saturated heterocycles. The summed E-state index contributed by atoms with van der Waals surface area (Å²) in [5.74, 6) is -0.433. The van der Waals surface area contributed by atoms with Gasteiger partial charge in [-0.25, -0.2) is 9.78 Å². The monoisotopic (exact) mass is 285 g/mol. The number of hydrogen-bond donors (Lipinski definition) is 1. The molecule has 0 amide bonds. The van der Waals surface area contributed by atoms with Crippen molar-refractivity contribution in [2.75, 3.05) is 0 Å². The highest BCUT2D eigenvalue weighted by molar-refractivity contribution is 7.14. The van der Waals surface area contributed by atoms with E-state index >= 15 is 0 Å². The molecular weight excluding hydrogens is 270 g/mol. The van der Waals surface area contributed by atoms with Gasteiger partial charge in [-0.3, -0.25) is 0 Å². The van der Waals surface area contributed by atoms with E-state index in [2.05, 4.69) is 12.1 Å². The summed E-state index contributed by atoms with van der Waals surface area (Å²) in [7, 11) is 0. The summed E-state index contributed by atoms with van der Waals surface area (Å²) in [4.78, 5) is 16.6. The smallest absolute Gasteiger partial charge is 0.347 e. The Morgan fingerprint density at radius 3 is 2.50 bits per heavy atom. The fourth-order valence-corrected chi connectivity index (χ4v) is 4.09. The third kappa shape index (κ3) is 1.79. The van der Waals surface area contributed by atoms with Crippen LogP contribution in [-0.4, -0.2) is 16.1 Å². The van der Waals surface area contributed by atoms with Crippen LogP contribution in [0, 0.1) is 0 Å². The minimum Gasteiger partial charge on any atom is -0.477 e. The van der Waals surface area contributed by atoms with Gasteiger partial charge >= 0.3 is 5.97 Å². The lowest BCUT2D eigenvalue weighted by atomic mass is 9.97. The third-order valence-corrected chi connectivity index (χ3v) is 5.56. The topological polar surface area (TPSA) is 50.2 Å². The van der Waals surface area contributed by atoms with E-state index in [-0.39, 0.29) is 5.41 Å². The number of hydrogen-bond acceptors (Lipinski definition) is 3. The Morgan fingerprint density at radius 2 is 1.95 bits per heavy atom. The van der Waals surface area contributed by atoms with Gasteiger partial charge in [-0.05, 0) is 31.2 Å². The molecule has 2 aromatic rings. The highest BCUT2D eigenvalue weighted by atomic mass is 32.1. The molecule has 1 aromatic heterocycles. The average Bonchev–Trinajstić information content (AvgIpc) is 3.38. The summed E-state index contributed by atoms with van der Waals surface area (Å²) in [6.07, 6.45) is 4.32. The number of thiazole rings is 1. The van der Waals surface area contributed by atoms with Crippen LogP contribution >= 0.6 is 11.3 Å². The van der Waals surface area contributed by atoms with Gasteiger partial charge < -0.3 is 5.11 Å². The summed E-state index contributed by atoms with van der Waals surface area (Å²) in [6.45, 7) is 0. The van der Waals surface area contributed by atoms with Crippen LogP contribution in [0.15, 0.2) is 30.3 Å². The molecule has 0 aliphatic heterocycles. The lowest BCUT2D eigenvalue weighted by molar-refractivity contribution is 0.0700. The Morgan fingerprint density at radius 1 is 1.25 bits per heavy atom. The van der Waals surface area contributed by atoms with Crippen molar-refractivity contribution < 1.29 is 9.90 Å². The Balaban J connectivity index is 1.79. The van der Waals surface area contributed by atoms with E-state index in [9.17, 15) is 9.90 Å². The quantitative estimate of drug-likeness (QED) is 0.929. The minimum atomic E-state index is -0.820. The molecule has 2 fully saturated rings. The van der Waals surface area contributed by atoms with Crippen LogP contribution in [0.3, 0.4) is 0 Å². The van der Waals surface area contributed by atoms with Crippen LogP contribution in [0.4, 0.5) is 0 Å². The van der Waals surface area contributed by atoms with E-state index in [1.807, 2.05) is 18.2 Å². The zero-order valence-electron chi connectivity index (χ0n) is 11.0. The molecule has 0 spiro atoms. The van der Waals surface area contributed by atoms with Crippen molar-refractivity contribution in [1.29, 1.82) is 0 Å². The van der Waals surface area contributed by atoms with E-state index in [0.29, 0.717) is 10.8 Å². The van der Waals surface area contributed by atoms with Gasteiger partial charge in [0.1, 0.15) is 9.88 Å². The zero-order valence-corrected chi connectivity index (χ0v) is 11.8. The second-order valence-corrected chi connectivity index (χ2v) is 6.76. The van der Waals surface area contributed by atoms with E-state index in [1.54, 1.807) is 0 Å². The Bertz CT molecular complexity index is 669. The van der Waals surface area contributed by atoms with E-state index in [0.717, 1.165) is 36.4 Å². The van der Waals surface area contributed by atoms with Gasteiger partial charge in [-0.1, -0.05) is 30.3 Å². The maximum Gasteiger partial charge on any atom is 0.347 e. The first-order valence-electron chi connectivity index (χ1n) is 7.01. The van der Waals surface area contributed by atoms with Crippen molar-refractivity contribution in [3.63, 3.8) is 0 Å². The predicted molar refractivity (Wildman–Crippen MR) is 77.5 cm³/mol. The molecule has 0 bridgehead atoms. The second-order valence-electron chi connectivity index (χ2n) is 5.76. The summed E-state index contributed by atoms with van der Waals surface area (Å²) in [5.41, 5.74) is 2.09. The van der Waals surface area contributed by atoms with Crippen LogP contribution in [0.1, 0.15) is 57.5 Å². The van der Waals surface area contributed by atoms with Crippen LogP contribution in [0.5, 0.6) is 0 Å². The van der Waals surface area contributed by atoms with Gasteiger partial charge in [0, 0.05) is 11.3 Å². The van der Waals surface area contributed by atoms with Gasteiger partial charge in [0.15, 0.2) is 0 Å². The molecule has 2 saturated carbocycles. The zero-order chi connectivity index (χ0) is 13.7. The van der Waals surface area contributed by atoms with Crippen molar-refractivity contribution in [3.05, 3.63) is 51.5 Å². The summed E-state index contributed by atoms with van der Waals surface area (Å²) < 4.78 is 0. The molecule has 0 unspecified atom stereocenters. The minimum absolute atomic E-state index is 0.0106. The van der Waals surface area contributed by atoms with E-state index < -0.39 is 5.97 Å². The van der Waals surface area contributed by atoms with Gasteiger partial charge in [0.25, 0.3) is 0 Å². The predicted octanol–water partition coefficient (Wildman–Crippen LogP) is 3.80. The SMILES string of the molecule is O=C(O)c1sc(C2(c3ccccc3)CC2)nc1C1CC1. The molecule has 20 heavy (non-hydrogen) atoms. The number of carbonyl (C=O) groups is 1. The first-order chi connectivity index (χ1) is 9.71. The Hall–Kier alpha value is -1.68.